The van der Waals surface area contributed by atoms with E-state index in [1.807, 2.05) is 0 Å². The molecule has 10 nitrogen and oxygen atoms in total. The minimum Gasteiger partial charge on any atom is -0.493 e. The SMILES string of the molecule is COC(=O)c1c(-c2cc(OC)c(OC)c(OC)c2)c2cc(OC)c(OCC3CCCCC3)cc2c(=O)n1-c1ccc(N)cc1.Cl. The van der Waals surface area contributed by atoms with Crippen LogP contribution in [0.2, 0.25) is 0 Å². The summed E-state index contributed by atoms with van der Waals surface area (Å²) in [4.78, 5) is 28.0. The molecule has 1 fully saturated rings. The Balaban J connectivity index is 0.00000461. The highest BCUT2D eigenvalue weighted by Crippen LogP contribution is 2.45. The van der Waals surface area contributed by atoms with Crippen molar-refractivity contribution in [2.45, 2.75) is 32.1 Å². The van der Waals surface area contributed by atoms with Gasteiger partial charge in [-0.25, -0.2) is 4.79 Å². The minimum atomic E-state index is -0.721. The standard InChI is InChI=1S/C34H38N2O8.ClH/c1-39-26-17-24-25(18-27(26)44-19-20-9-7-6-8-10-20)33(37)36(23-13-11-22(35)12-14-23)31(34(38)43-5)30(24)21-15-28(40-2)32(42-4)29(16-21)41-3;/h11-18,20H,6-10,19,35H2,1-5H3;1H. The molecule has 5 rings (SSSR count). The maximum absolute atomic E-state index is 14.4. The van der Waals surface area contributed by atoms with Crippen LogP contribution in [0.15, 0.2) is 53.3 Å². The second-order valence-corrected chi connectivity index (χ2v) is 10.7. The van der Waals surface area contributed by atoms with Gasteiger partial charge in [-0.15, -0.1) is 12.4 Å². The lowest BCUT2D eigenvalue weighted by Crippen LogP contribution is -2.27. The average molecular weight is 639 g/mol. The lowest BCUT2D eigenvalue weighted by molar-refractivity contribution is 0.0591. The molecule has 0 bridgehead atoms. The first-order valence-corrected chi connectivity index (χ1v) is 14.5. The number of anilines is 1. The van der Waals surface area contributed by atoms with Crippen LogP contribution >= 0.6 is 12.4 Å². The van der Waals surface area contributed by atoms with Gasteiger partial charge in [0, 0.05) is 22.3 Å². The molecule has 0 radical (unpaired) electrons. The van der Waals surface area contributed by atoms with E-state index in [2.05, 4.69) is 0 Å². The lowest BCUT2D eigenvalue weighted by Gasteiger charge is -2.23. The number of halogens is 1. The van der Waals surface area contributed by atoms with E-state index in [9.17, 15) is 9.59 Å². The fourth-order valence-electron chi connectivity index (χ4n) is 5.92. The molecule has 1 aliphatic rings. The molecule has 1 aromatic heterocycles. The van der Waals surface area contributed by atoms with Crippen LogP contribution in [0.1, 0.15) is 42.6 Å². The first-order chi connectivity index (χ1) is 21.3. The fourth-order valence-corrected chi connectivity index (χ4v) is 5.92. The molecular formula is C34H39ClN2O8. The maximum Gasteiger partial charge on any atom is 0.355 e. The molecule has 0 atom stereocenters. The minimum absolute atomic E-state index is 0. The van der Waals surface area contributed by atoms with Gasteiger partial charge in [0.1, 0.15) is 5.69 Å². The summed E-state index contributed by atoms with van der Waals surface area (Å²) in [5, 5.41) is 0.774. The predicted molar refractivity (Wildman–Crippen MR) is 176 cm³/mol. The largest absolute Gasteiger partial charge is 0.493 e. The number of methoxy groups -OCH3 is 5. The third-order valence-corrected chi connectivity index (χ3v) is 8.15. The molecule has 1 heterocycles. The van der Waals surface area contributed by atoms with Gasteiger partial charge in [0.15, 0.2) is 23.0 Å². The number of nitrogens with two attached hydrogens (primary N) is 1. The molecule has 3 aromatic carbocycles. The Morgan fingerprint density at radius 2 is 1.40 bits per heavy atom. The summed E-state index contributed by atoms with van der Waals surface area (Å²) in [6, 6.07) is 13.6. The van der Waals surface area contributed by atoms with Crippen molar-refractivity contribution in [2.24, 2.45) is 5.92 Å². The zero-order valence-electron chi connectivity index (χ0n) is 26.1. The highest BCUT2D eigenvalue weighted by molar-refractivity contribution is 6.08. The molecule has 45 heavy (non-hydrogen) atoms. The Morgan fingerprint density at radius 3 is 1.96 bits per heavy atom. The molecule has 240 valence electrons. The number of hydrogen-bond donors (Lipinski definition) is 1. The van der Waals surface area contributed by atoms with Gasteiger partial charge in [-0.1, -0.05) is 19.3 Å². The summed E-state index contributed by atoms with van der Waals surface area (Å²) in [5.41, 5.74) is 7.39. The van der Waals surface area contributed by atoms with Gasteiger partial charge in [0.05, 0.1) is 47.5 Å². The zero-order chi connectivity index (χ0) is 31.4. The van der Waals surface area contributed by atoms with Gasteiger partial charge >= 0.3 is 5.97 Å². The summed E-state index contributed by atoms with van der Waals surface area (Å²) < 4.78 is 35.5. The number of nitrogen functional groups attached to an aromatic ring is 1. The molecule has 11 heteroatoms. The maximum atomic E-state index is 14.4. The van der Waals surface area contributed by atoms with Gasteiger partial charge in [-0.05, 0) is 72.9 Å². The van der Waals surface area contributed by atoms with E-state index in [0.29, 0.717) is 74.5 Å². The van der Waals surface area contributed by atoms with Crippen molar-refractivity contribution in [3.8, 4) is 45.6 Å². The van der Waals surface area contributed by atoms with Crippen molar-refractivity contribution in [1.29, 1.82) is 0 Å². The number of fused-ring (bicyclic) bond motifs is 1. The second kappa shape index (κ2) is 14.5. The highest BCUT2D eigenvalue weighted by atomic mass is 35.5. The zero-order valence-corrected chi connectivity index (χ0v) is 27.0. The number of pyridine rings is 1. The van der Waals surface area contributed by atoms with Gasteiger partial charge in [0.2, 0.25) is 5.75 Å². The van der Waals surface area contributed by atoms with Crippen molar-refractivity contribution in [3.05, 3.63) is 64.6 Å². The summed E-state index contributed by atoms with van der Waals surface area (Å²) >= 11 is 0. The smallest absolute Gasteiger partial charge is 0.355 e. The Bertz CT molecular complexity index is 1700. The van der Waals surface area contributed by atoms with Crippen LogP contribution in [0.4, 0.5) is 5.69 Å². The molecule has 1 aliphatic carbocycles. The number of nitrogens with zero attached hydrogens (tertiary/aromatic N) is 1. The first kappa shape index (κ1) is 33.3. The van der Waals surface area contributed by atoms with Gasteiger partial charge in [-0.2, -0.15) is 0 Å². The number of esters is 1. The number of benzene rings is 3. The third-order valence-electron chi connectivity index (χ3n) is 8.15. The average Bonchev–Trinajstić information content (AvgIpc) is 3.06. The number of carbonyl (C=O) groups is 1. The first-order valence-electron chi connectivity index (χ1n) is 14.5. The number of aromatic nitrogens is 1. The van der Waals surface area contributed by atoms with Gasteiger partial charge < -0.3 is 34.2 Å². The quantitative estimate of drug-likeness (QED) is 0.154. The number of rotatable bonds is 10. The molecule has 0 amide bonds. The highest BCUT2D eigenvalue weighted by Gasteiger charge is 2.28. The van der Waals surface area contributed by atoms with E-state index >= 15 is 0 Å². The summed E-state index contributed by atoms with van der Waals surface area (Å²) in [6.45, 7) is 0.522. The molecule has 2 N–H and O–H groups in total. The monoisotopic (exact) mass is 638 g/mol. The molecule has 0 unspecified atom stereocenters. The summed E-state index contributed by atoms with van der Waals surface area (Å²) in [5.74, 6) is 1.72. The molecule has 0 aliphatic heterocycles. The fraction of sp³-hybridized carbons (Fsp3) is 0.353. The van der Waals surface area contributed by atoms with Crippen LogP contribution in [-0.4, -0.2) is 52.7 Å². The van der Waals surface area contributed by atoms with E-state index in [0.717, 1.165) is 12.8 Å². The molecule has 0 saturated heterocycles. The van der Waals surface area contributed by atoms with Crippen LogP contribution in [0.5, 0.6) is 28.7 Å². The van der Waals surface area contributed by atoms with Crippen LogP contribution in [-0.2, 0) is 4.74 Å². The normalized spacial score (nSPS) is 13.1. The van der Waals surface area contributed by atoms with Gasteiger partial charge in [-0.3, -0.25) is 9.36 Å². The topological polar surface area (TPSA) is 120 Å². The molecule has 4 aromatic rings. The van der Waals surface area contributed by atoms with Crippen LogP contribution in [0, 0.1) is 5.92 Å². The Kier molecular flexibility index (Phi) is 10.7. The number of carbonyl (C=O) groups excluding carboxylic acids is 1. The molecule has 1 saturated carbocycles. The molecular weight excluding hydrogens is 600 g/mol. The number of ether oxygens (including phenoxy) is 6. The Labute approximate surface area is 268 Å². The van der Waals surface area contributed by atoms with Crippen LogP contribution in [0.3, 0.4) is 0 Å². The second-order valence-electron chi connectivity index (χ2n) is 10.7. The van der Waals surface area contributed by atoms with E-state index in [4.69, 9.17) is 34.2 Å². The Morgan fingerprint density at radius 1 is 0.800 bits per heavy atom. The van der Waals surface area contributed by atoms with Crippen molar-refractivity contribution >= 4 is 34.8 Å². The van der Waals surface area contributed by atoms with E-state index in [1.165, 1.54) is 52.3 Å². The van der Waals surface area contributed by atoms with E-state index in [1.54, 1.807) is 55.6 Å². The Hall–Kier alpha value is -4.57. The van der Waals surface area contributed by atoms with E-state index < -0.39 is 11.5 Å². The third kappa shape index (κ3) is 6.47. The number of hydrogen-bond acceptors (Lipinski definition) is 9. The predicted octanol–water partition coefficient (Wildman–Crippen LogP) is 6.44. The van der Waals surface area contributed by atoms with E-state index in [-0.39, 0.29) is 18.1 Å². The van der Waals surface area contributed by atoms with Crippen molar-refractivity contribution in [1.82, 2.24) is 4.57 Å². The van der Waals surface area contributed by atoms with Crippen LogP contribution in [0.25, 0.3) is 27.6 Å². The summed E-state index contributed by atoms with van der Waals surface area (Å²) in [7, 11) is 7.34. The van der Waals surface area contributed by atoms with Gasteiger partial charge in [0.25, 0.3) is 5.56 Å². The molecule has 0 spiro atoms. The van der Waals surface area contributed by atoms with Crippen molar-refractivity contribution in [2.75, 3.05) is 47.9 Å². The summed E-state index contributed by atoms with van der Waals surface area (Å²) in [6.07, 6.45) is 5.82. The van der Waals surface area contributed by atoms with Crippen molar-refractivity contribution < 1.29 is 33.2 Å². The lowest BCUT2D eigenvalue weighted by atomic mass is 9.90. The van der Waals surface area contributed by atoms with Crippen molar-refractivity contribution in [3.63, 3.8) is 0 Å². The van der Waals surface area contributed by atoms with Crippen LogP contribution < -0.4 is 35.0 Å².